The SMILES string of the molecule is C[NH2+]C=C(C=N)c1cnc2[nH]c3cnc(N)cc3c2c1. The smallest absolute Gasteiger partial charge is 0.138 e. The third kappa shape index (κ3) is 1.92. The Labute approximate surface area is 115 Å². The molecular weight excluding hydrogens is 252 g/mol. The van der Waals surface area contributed by atoms with Crippen molar-refractivity contribution in [3.05, 3.63) is 36.3 Å². The van der Waals surface area contributed by atoms with Crippen molar-refractivity contribution < 1.29 is 5.32 Å². The molecule has 0 amide bonds. The molecule has 6 nitrogen and oxygen atoms in total. The van der Waals surface area contributed by atoms with Gasteiger partial charge < -0.3 is 21.4 Å². The molecule has 6 heteroatoms. The maximum atomic E-state index is 7.49. The molecule has 0 aliphatic carbocycles. The molecule has 3 aromatic heterocycles. The summed E-state index contributed by atoms with van der Waals surface area (Å²) in [6, 6.07) is 3.85. The highest BCUT2D eigenvalue weighted by atomic mass is 14.9. The number of quaternary nitrogens is 1. The van der Waals surface area contributed by atoms with E-state index in [0.717, 1.165) is 33.1 Å². The van der Waals surface area contributed by atoms with Gasteiger partial charge in [0.05, 0.1) is 24.3 Å². The summed E-state index contributed by atoms with van der Waals surface area (Å²) in [5.74, 6) is 0.480. The van der Waals surface area contributed by atoms with Gasteiger partial charge in [-0.2, -0.15) is 0 Å². The number of nitrogen functional groups attached to an aromatic ring is 1. The monoisotopic (exact) mass is 267 g/mol. The molecule has 0 radical (unpaired) electrons. The van der Waals surface area contributed by atoms with E-state index in [1.165, 1.54) is 6.21 Å². The van der Waals surface area contributed by atoms with Crippen LogP contribution in [0.5, 0.6) is 0 Å². The number of hydrogen-bond donors (Lipinski definition) is 4. The Morgan fingerprint density at radius 2 is 2.15 bits per heavy atom. The summed E-state index contributed by atoms with van der Waals surface area (Å²) >= 11 is 0. The molecule has 3 rings (SSSR count). The van der Waals surface area contributed by atoms with Crippen molar-refractivity contribution in [3.63, 3.8) is 0 Å². The Morgan fingerprint density at radius 1 is 1.30 bits per heavy atom. The number of fused-ring (bicyclic) bond motifs is 3. The molecule has 0 unspecified atom stereocenters. The standard InChI is InChI=1S/C14H14N6/c1-17-5-9(4-15)8-2-11-10-3-13(16)18-7-12(10)20-14(11)19-6-8/h2-7,15,17H,1H3,(H2,16,18)(H,19,20)/p+1. The van der Waals surface area contributed by atoms with Gasteiger partial charge in [-0.25, -0.2) is 9.97 Å². The normalized spacial score (nSPS) is 12.2. The molecule has 0 aromatic carbocycles. The first kappa shape index (κ1) is 12.3. The summed E-state index contributed by atoms with van der Waals surface area (Å²) in [4.78, 5) is 11.7. The van der Waals surface area contributed by atoms with Crippen LogP contribution in [0.3, 0.4) is 0 Å². The zero-order chi connectivity index (χ0) is 14.1. The topological polar surface area (TPSA) is 108 Å². The van der Waals surface area contributed by atoms with Crippen LogP contribution in [0.4, 0.5) is 5.82 Å². The van der Waals surface area contributed by atoms with Gasteiger partial charge in [0.1, 0.15) is 17.7 Å². The van der Waals surface area contributed by atoms with Crippen molar-refractivity contribution >= 4 is 39.5 Å². The molecule has 20 heavy (non-hydrogen) atoms. The lowest BCUT2D eigenvalue weighted by atomic mass is 10.1. The van der Waals surface area contributed by atoms with Crippen LogP contribution in [0.25, 0.3) is 27.5 Å². The van der Waals surface area contributed by atoms with Crippen LogP contribution in [0, 0.1) is 5.41 Å². The molecule has 3 heterocycles. The molecular formula is C14H15N6+. The van der Waals surface area contributed by atoms with Crippen molar-refractivity contribution in [2.75, 3.05) is 12.8 Å². The Hall–Kier alpha value is -2.73. The van der Waals surface area contributed by atoms with Gasteiger partial charge in [0.25, 0.3) is 0 Å². The fourth-order valence-electron chi connectivity index (χ4n) is 2.26. The Kier molecular flexibility index (Phi) is 2.92. The summed E-state index contributed by atoms with van der Waals surface area (Å²) in [6.07, 6.45) is 6.68. The quantitative estimate of drug-likeness (QED) is 0.529. The molecule has 0 bridgehead atoms. The van der Waals surface area contributed by atoms with E-state index in [1.54, 1.807) is 12.4 Å². The van der Waals surface area contributed by atoms with E-state index in [4.69, 9.17) is 11.1 Å². The average molecular weight is 267 g/mol. The van der Waals surface area contributed by atoms with Crippen LogP contribution in [0.2, 0.25) is 0 Å². The van der Waals surface area contributed by atoms with Crippen LogP contribution in [0.15, 0.2) is 30.7 Å². The summed E-state index contributed by atoms with van der Waals surface area (Å²) < 4.78 is 0. The fraction of sp³-hybridized carbons (Fsp3) is 0.0714. The largest absolute Gasteiger partial charge is 0.384 e. The number of anilines is 1. The van der Waals surface area contributed by atoms with Gasteiger partial charge in [0, 0.05) is 28.7 Å². The molecule has 0 atom stereocenters. The van der Waals surface area contributed by atoms with Gasteiger partial charge in [-0.15, -0.1) is 0 Å². The molecule has 100 valence electrons. The van der Waals surface area contributed by atoms with Crippen molar-refractivity contribution in [1.29, 1.82) is 5.41 Å². The Balaban J connectivity index is 2.28. The van der Waals surface area contributed by atoms with E-state index >= 15 is 0 Å². The maximum absolute atomic E-state index is 7.49. The highest BCUT2D eigenvalue weighted by Crippen LogP contribution is 2.26. The molecule has 0 saturated heterocycles. The number of allylic oxidation sites excluding steroid dienone is 1. The first-order valence-corrected chi connectivity index (χ1v) is 6.26. The minimum Gasteiger partial charge on any atom is -0.384 e. The number of aromatic amines is 1. The van der Waals surface area contributed by atoms with Crippen LogP contribution >= 0.6 is 0 Å². The van der Waals surface area contributed by atoms with Crippen LogP contribution in [0.1, 0.15) is 5.56 Å². The minimum absolute atomic E-state index is 0.480. The summed E-state index contributed by atoms with van der Waals surface area (Å²) in [5.41, 5.74) is 9.17. The average Bonchev–Trinajstić information content (AvgIpc) is 2.82. The van der Waals surface area contributed by atoms with Gasteiger partial charge in [-0.3, -0.25) is 0 Å². The zero-order valence-electron chi connectivity index (χ0n) is 11.0. The molecule has 0 aliphatic rings. The van der Waals surface area contributed by atoms with Crippen LogP contribution < -0.4 is 11.1 Å². The van der Waals surface area contributed by atoms with E-state index in [-0.39, 0.29) is 0 Å². The lowest BCUT2D eigenvalue weighted by Gasteiger charge is -2.00. The van der Waals surface area contributed by atoms with Gasteiger partial charge >= 0.3 is 0 Å². The number of nitrogens with zero attached hydrogens (tertiary/aromatic N) is 2. The van der Waals surface area contributed by atoms with E-state index in [2.05, 4.69) is 15.0 Å². The fourth-order valence-corrected chi connectivity index (χ4v) is 2.26. The summed E-state index contributed by atoms with van der Waals surface area (Å²) in [5, 5.41) is 11.4. The second kappa shape index (κ2) is 4.75. The van der Waals surface area contributed by atoms with Crippen molar-refractivity contribution in [2.45, 2.75) is 0 Å². The van der Waals surface area contributed by atoms with Crippen molar-refractivity contribution in [2.24, 2.45) is 0 Å². The first-order valence-electron chi connectivity index (χ1n) is 6.26. The lowest BCUT2D eigenvalue weighted by molar-refractivity contribution is -0.555. The summed E-state index contributed by atoms with van der Waals surface area (Å²) in [6.45, 7) is 0. The maximum Gasteiger partial charge on any atom is 0.138 e. The third-order valence-corrected chi connectivity index (χ3v) is 3.19. The van der Waals surface area contributed by atoms with Gasteiger partial charge in [0.15, 0.2) is 0 Å². The zero-order valence-corrected chi connectivity index (χ0v) is 11.0. The minimum atomic E-state index is 0.480. The second-order valence-corrected chi connectivity index (χ2v) is 4.50. The molecule has 0 saturated carbocycles. The van der Waals surface area contributed by atoms with Crippen molar-refractivity contribution in [1.82, 2.24) is 15.0 Å². The van der Waals surface area contributed by atoms with Crippen LogP contribution in [-0.2, 0) is 0 Å². The number of rotatable bonds is 3. The number of hydrogen-bond acceptors (Lipinski definition) is 4. The van der Waals surface area contributed by atoms with E-state index in [0.29, 0.717) is 5.82 Å². The third-order valence-electron chi connectivity index (χ3n) is 3.19. The highest BCUT2D eigenvalue weighted by Gasteiger charge is 2.09. The highest BCUT2D eigenvalue weighted by molar-refractivity contribution is 6.11. The van der Waals surface area contributed by atoms with E-state index in [1.807, 2.05) is 30.7 Å². The predicted molar refractivity (Wildman–Crippen MR) is 80.4 cm³/mol. The molecule has 0 spiro atoms. The molecule has 6 N–H and O–H groups in total. The number of aromatic nitrogens is 3. The van der Waals surface area contributed by atoms with Crippen LogP contribution in [-0.4, -0.2) is 28.2 Å². The van der Waals surface area contributed by atoms with Crippen molar-refractivity contribution in [3.8, 4) is 0 Å². The predicted octanol–water partition coefficient (Wildman–Crippen LogP) is 0.877. The van der Waals surface area contributed by atoms with Gasteiger partial charge in [-0.05, 0) is 12.1 Å². The molecule has 0 aliphatic heterocycles. The number of nitrogens with two attached hydrogens (primary N) is 2. The number of H-pyrrole nitrogens is 1. The number of pyridine rings is 2. The Morgan fingerprint density at radius 3 is 2.90 bits per heavy atom. The van der Waals surface area contributed by atoms with Gasteiger partial charge in [-0.1, -0.05) is 0 Å². The first-order chi connectivity index (χ1) is 9.72. The molecule has 3 aromatic rings. The second-order valence-electron chi connectivity index (χ2n) is 4.50. The lowest BCUT2D eigenvalue weighted by Crippen LogP contribution is -2.72. The van der Waals surface area contributed by atoms with E-state index in [9.17, 15) is 0 Å². The van der Waals surface area contributed by atoms with Gasteiger partial charge in [0.2, 0.25) is 0 Å². The molecule has 0 fully saturated rings. The van der Waals surface area contributed by atoms with E-state index < -0.39 is 0 Å². The number of nitrogens with one attached hydrogen (secondary N) is 2. The summed E-state index contributed by atoms with van der Waals surface area (Å²) in [7, 11) is 1.92. The Bertz CT molecular complexity index is 830.